The summed E-state index contributed by atoms with van der Waals surface area (Å²) in [7, 11) is 1.93. The number of aliphatic hydroxyl groups is 1. The summed E-state index contributed by atoms with van der Waals surface area (Å²) in [4.78, 5) is 7.99. The summed E-state index contributed by atoms with van der Waals surface area (Å²) in [5.41, 5.74) is 0. The zero-order chi connectivity index (χ0) is 20.8. The normalized spacial score (nSPS) is 18.3. The van der Waals surface area contributed by atoms with Gasteiger partial charge in [-0.1, -0.05) is 18.5 Å². The molecule has 30 heavy (non-hydrogen) atoms. The molecule has 1 aliphatic heterocycles. The maximum atomic E-state index is 10.4. The second-order valence-electron chi connectivity index (χ2n) is 7.23. The van der Waals surface area contributed by atoms with E-state index in [0.29, 0.717) is 29.4 Å². The van der Waals surface area contributed by atoms with Crippen molar-refractivity contribution >= 4 is 52.9 Å². The van der Waals surface area contributed by atoms with Crippen LogP contribution in [0.25, 0.3) is 0 Å². The zero-order valence-corrected chi connectivity index (χ0v) is 21.5. The number of rotatable bonds is 8. The highest BCUT2D eigenvalue weighted by molar-refractivity contribution is 14.0. The van der Waals surface area contributed by atoms with Crippen LogP contribution in [0.2, 0.25) is 4.34 Å². The van der Waals surface area contributed by atoms with Crippen molar-refractivity contribution in [3.8, 4) is 0 Å². The van der Waals surface area contributed by atoms with E-state index in [-0.39, 0.29) is 24.0 Å². The van der Waals surface area contributed by atoms with Gasteiger partial charge in [0.2, 0.25) is 0 Å². The van der Waals surface area contributed by atoms with Gasteiger partial charge in [-0.15, -0.1) is 45.5 Å². The molecule has 1 saturated heterocycles. The Balaban J connectivity index is 0.00000320. The molecule has 0 aromatic carbocycles. The summed E-state index contributed by atoms with van der Waals surface area (Å²) in [6.45, 7) is 7.90. The number of aliphatic hydroxyl groups excluding tert-OH is 1. The van der Waals surface area contributed by atoms with E-state index < -0.39 is 6.10 Å². The summed E-state index contributed by atoms with van der Waals surface area (Å²) >= 11 is 7.37. The van der Waals surface area contributed by atoms with E-state index in [4.69, 9.17) is 11.6 Å². The number of guanidine groups is 1. The van der Waals surface area contributed by atoms with Gasteiger partial charge in [-0.2, -0.15) is 0 Å². The largest absolute Gasteiger partial charge is 0.386 e. The highest BCUT2D eigenvalue weighted by Gasteiger charge is 2.23. The number of aryl methyl sites for hydroxylation is 1. The first-order valence-electron chi connectivity index (χ1n) is 10.0. The van der Waals surface area contributed by atoms with Gasteiger partial charge in [-0.05, 0) is 45.0 Å². The first-order chi connectivity index (χ1) is 14.0. The van der Waals surface area contributed by atoms with Crippen molar-refractivity contribution in [2.24, 2.45) is 12.0 Å². The monoisotopic (exact) mass is 567 g/mol. The molecule has 0 aliphatic carbocycles. The molecule has 3 rings (SSSR count). The lowest BCUT2D eigenvalue weighted by molar-refractivity contribution is 0.184. The molecule has 2 aromatic heterocycles. The van der Waals surface area contributed by atoms with Gasteiger partial charge < -0.3 is 20.3 Å². The number of likely N-dealkylation sites (N-methyl/N-ethyl adjacent to an activating group) is 1. The number of thiophene rings is 1. The van der Waals surface area contributed by atoms with E-state index in [1.807, 2.05) is 24.6 Å². The molecule has 0 radical (unpaired) electrons. The first-order valence-corrected chi connectivity index (χ1v) is 11.2. The number of aliphatic imine (C=N–C) groups is 1. The van der Waals surface area contributed by atoms with E-state index >= 15 is 0 Å². The Morgan fingerprint density at radius 3 is 2.83 bits per heavy atom. The summed E-state index contributed by atoms with van der Waals surface area (Å²) in [6, 6.07) is 4.15. The fraction of sp³-hybridized carbons (Fsp3) is 0.632. The van der Waals surface area contributed by atoms with Gasteiger partial charge in [-0.25, -0.2) is 4.99 Å². The van der Waals surface area contributed by atoms with E-state index in [1.54, 1.807) is 6.07 Å². The summed E-state index contributed by atoms with van der Waals surface area (Å²) in [5.74, 6) is 2.31. The van der Waals surface area contributed by atoms with E-state index in [2.05, 4.69) is 37.6 Å². The SMILES string of the molecule is CCN1CCCC1CNC(=NCc1nnc(C)n1C)NCC(O)c1ccc(Cl)s1.I. The summed E-state index contributed by atoms with van der Waals surface area (Å²) < 4.78 is 2.60. The fourth-order valence-electron chi connectivity index (χ4n) is 3.47. The highest BCUT2D eigenvalue weighted by atomic mass is 127. The molecule has 11 heteroatoms. The molecule has 2 atom stereocenters. The number of nitrogens with zero attached hydrogens (tertiary/aromatic N) is 5. The summed E-state index contributed by atoms with van der Waals surface area (Å²) in [5, 5.41) is 25.4. The molecule has 8 nitrogen and oxygen atoms in total. The number of halogens is 2. The molecule has 3 N–H and O–H groups in total. The molecule has 0 bridgehead atoms. The molecular formula is C19H31ClIN7OS. The fourth-order valence-corrected chi connectivity index (χ4v) is 4.52. The third-order valence-electron chi connectivity index (χ3n) is 5.36. The van der Waals surface area contributed by atoms with Crippen molar-refractivity contribution < 1.29 is 5.11 Å². The molecule has 2 aromatic rings. The van der Waals surface area contributed by atoms with Crippen molar-refractivity contribution in [1.82, 2.24) is 30.3 Å². The molecule has 1 aliphatic rings. The van der Waals surface area contributed by atoms with Crippen LogP contribution in [0.1, 0.15) is 42.4 Å². The minimum atomic E-state index is -0.643. The molecule has 2 unspecified atom stereocenters. The van der Waals surface area contributed by atoms with Crippen LogP contribution in [-0.4, -0.2) is 63.0 Å². The van der Waals surface area contributed by atoms with E-state index in [1.165, 1.54) is 24.2 Å². The van der Waals surface area contributed by atoms with Crippen molar-refractivity contribution in [2.75, 3.05) is 26.2 Å². The Morgan fingerprint density at radius 2 is 2.20 bits per heavy atom. The lowest BCUT2D eigenvalue weighted by Crippen LogP contribution is -2.45. The minimum Gasteiger partial charge on any atom is -0.386 e. The Kier molecular flexibility index (Phi) is 10.3. The highest BCUT2D eigenvalue weighted by Crippen LogP contribution is 2.26. The number of likely N-dealkylation sites (tertiary alicyclic amines) is 1. The van der Waals surface area contributed by atoms with Crippen LogP contribution in [0.3, 0.4) is 0 Å². The Bertz CT molecular complexity index is 828. The second kappa shape index (κ2) is 12.2. The quantitative estimate of drug-likeness (QED) is 0.258. The predicted molar refractivity (Wildman–Crippen MR) is 133 cm³/mol. The van der Waals surface area contributed by atoms with E-state index in [9.17, 15) is 5.11 Å². The topological polar surface area (TPSA) is 90.6 Å². The van der Waals surface area contributed by atoms with Crippen molar-refractivity contribution in [3.05, 3.63) is 33.0 Å². The number of aromatic nitrogens is 3. The third-order valence-corrected chi connectivity index (χ3v) is 6.69. The summed E-state index contributed by atoms with van der Waals surface area (Å²) in [6.07, 6.45) is 1.78. The molecule has 0 spiro atoms. The second-order valence-corrected chi connectivity index (χ2v) is 8.98. The average Bonchev–Trinajstić information content (AvgIpc) is 3.43. The lowest BCUT2D eigenvalue weighted by atomic mass is 10.2. The van der Waals surface area contributed by atoms with Gasteiger partial charge in [-0.3, -0.25) is 4.90 Å². The van der Waals surface area contributed by atoms with Crippen LogP contribution in [0.15, 0.2) is 17.1 Å². The van der Waals surface area contributed by atoms with Gasteiger partial charge >= 0.3 is 0 Å². The van der Waals surface area contributed by atoms with Crippen molar-refractivity contribution in [2.45, 2.75) is 45.4 Å². The van der Waals surface area contributed by atoms with Gasteiger partial charge in [0.15, 0.2) is 11.8 Å². The van der Waals surface area contributed by atoms with Crippen LogP contribution in [-0.2, 0) is 13.6 Å². The smallest absolute Gasteiger partial charge is 0.191 e. The maximum absolute atomic E-state index is 10.4. The Labute approximate surface area is 204 Å². The maximum Gasteiger partial charge on any atom is 0.191 e. The van der Waals surface area contributed by atoms with Crippen LogP contribution in [0, 0.1) is 6.92 Å². The van der Waals surface area contributed by atoms with Crippen molar-refractivity contribution in [1.29, 1.82) is 0 Å². The molecular weight excluding hydrogens is 537 g/mol. The van der Waals surface area contributed by atoms with Crippen LogP contribution >= 0.6 is 46.9 Å². The van der Waals surface area contributed by atoms with Crippen LogP contribution in [0.4, 0.5) is 0 Å². The molecule has 0 amide bonds. The van der Waals surface area contributed by atoms with Gasteiger partial charge in [0.25, 0.3) is 0 Å². The van der Waals surface area contributed by atoms with E-state index in [0.717, 1.165) is 36.2 Å². The van der Waals surface area contributed by atoms with Crippen molar-refractivity contribution in [3.63, 3.8) is 0 Å². The predicted octanol–water partition coefficient (Wildman–Crippen LogP) is 2.71. The molecule has 1 fully saturated rings. The zero-order valence-electron chi connectivity index (χ0n) is 17.6. The molecule has 3 heterocycles. The number of hydrogen-bond donors (Lipinski definition) is 3. The number of hydrogen-bond acceptors (Lipinski definition) is 6. The third kappa shape index (κ3) is 6.78. The van der Waals surface area contributed by atoms with Gasteiger partial charge in [0.05, 0.1) is 4.34 Å². The number of nitrogens with one attached hydrogen (secondary N) is 2. The van der Waals surface area contributed by atoms with Crippen LogP contribution in [0.5, 0.6) is 0 Å². The minimum absolute atomic E-state index is 0. The molecule has 0 saturated carbocycles. The molecule has 168 valence electrons. The first kappa shape index (κ1) is 25.3. The van der Waals surface area contributed by atoms with Gasteiger partial charge in [0.1, 0.15) is 18.5 Å². The standard InChI is InChI=1S/C19H30ClN7OS.HI/c1-4-27-9-5-6-14(27)10-21-19(23-12-18-25-24-13(2)26(18)3)22-11-15(28)16-7-8-17(20)29-16;/h7-8,14-15,28H,4-6,9-12H2,1-3H3,(H2,21,22,23);1H. The van der Waals surface area contributed by atoms with Gasteiger partial charge in [0, 0.05) is 31.1 Å². The Morgan fingerprint density at radius 1 is 1.40 bits per heavy atom. The lowest BCUT2D eigenvalue weighted by Gasteiger charge is -2.24. The average molecular weight is 568 g/mol. The Hall–Kier alpha value is -0.950. The van der Waals surface area contributed by atoms with Crippen LogP contribution < -0.4 is 10.6 Å².